The first-order valence-electron chi connectivity index (χ1n) is 7.24. The van der Waals surface area contributed by atoms with Gasteiger partial charge in [0, 0.05) is 17.7 Å². The molecule has 0 aliphatic heterocycles. The molecule has 2 aromatic rings. The zero-order valence-electron chi connectivity index (χ0n) is 13.2. The van der Waals surface area contributed by atoms with Gasteiger partial charge >= 0.3 is 5.97 Å². The molecule has 0 heterocycles. The Bertz CT molecular complexity index is 683. The third-order valence-corrected chi connectivity index (χ3v) is 3.39. The Morgan fingerprint density at radius 1 is 1.04 bits per heavy atom. The Labute approximate surface area is 135 Å². The summed E-state index contributed by atoms with van der Waals surface area (Å²) in [5.74, 6) is 0.0982. The molecule has 0 saturated heterocycles. The van der Waals surface area contributed by atoms with Crippen LogP contribution in [0.3, 0.4) is 0 Å². The molecule has 5 heteroatoms. The molecular weight excluding hydrogens is 294 g/mol. The van der Waals surface area contributed by atoms with Gasteiger partial charge in [0.2, 0.25) is 0 Å². The second-order valence-electron chi connectivity index (χ2n) is 4.86. The van der Waals surface area contributed by atoms with Crippen molar-refractivity contribution in [1.29, 1.82) is 0 Å². The van der Waals surface area contributed by atoms with Crippen molar-refractivity contribution in [3.63, 3.8) is 0 Å². The van der Waals surface area contributed by atoms with Gasteiger partial charge in [-0.3, -0.25) is 9.59 Å². The Morgan fingerprint density at radius 2 is 1.78 bits per heavy atom. The zero-order valence-corrected chi connectivity index (χ0v) is 13.2. The lowest BCUT2D eigenvalue weighted by Gasteiger charge is -2.11. The summed E-state index contributed by atoms with van der Waals surface area (Å²) in [4.78, 5) is 23.3. The van der Waals surface area contributed by atoms with Crippen LogP contribution in [0.4, 0.5) is 0 Å². The van der Waals surface area contributed by atoms with E-state index in [9.17, 15) is 9.59 Å². The van der Waals surface area contributed by atoms with Crippen molar-refractivity contribution in [2.45, 2.75) is 6.42 Å². The number of ether oxygens (including phenoxy) is 2. The van der Waals surface area contributed by atoms with Crippen molar-refractivity contribution < 1.29 is 19.1 Å². The number of carbonyl (C=O) groups excluding carboxylic acids is 2. The molecule has 0 aliphatic rings. The molecule has 2 rings (SSSR count). The summed E-state index contributed by atoms with van der Waals surface area (Å²) in [5, 5.41) is 2.70. The third kappa shape index (κ3) is 4.32. The Morgan fingerprint density at radius 3 is 2.43 bits per heavy atom. The van der Waals surface area contributed by atoms with E-state index in [2.05, 4.69) is 10.1 Å². The van der Waals surface area contributed by atoms with Crippen molar-refractivity contribution in [3.05, 3.63) is 54.1 Å². The van der Waals surface area contributed by atoms with Crippen molar-refractivity contribution >= 4 is 11.9 Å². The van der Waals surface area contributed by atoms with Gasteiger partial charge in [-0.15, -0.1) is 0 Å². The lowest BCUT2D eigenvalue weighted by Crippen LogP contribution is -2.26. The van der Waals surface area contributed by atoms with Crippen LogP contribution in [0.5, 0.6) is 5.75 Å². The fourth-order valence-electron chi connectivity index (χ4n) is 2.17. The minimum absolute atomic E-state index is 0.143. The average Bonchev–Trinajstić information content (AvgIpc) is 2.61. The van der Waals surface area contributed by atoms with Gasteiger partial charge in [-0.25, -0.2) is 0 Å². The van der Waals surface area contributed by atoms with Gasteiger partial charge in [-0.2, -0.15) is 0 Å². The van der Waals surface area contributed by atoms with Crippen LogP contribution in [0.25, 0.3) is 11.1 Å². The molecule has 0 bridgehead atoms. The maximum atomic E-state index is 12.2. The van der Waals surface area contributed by atoms with Crippen LogP contribution in [0.2, 0.25) is 0 Å². The predicted molar refractivity (Wildman–Crippen MR) is 87.4 cm³/mol. The molecule has 1 amide bonds. The van der Waals surface area contributed by atoms with E-state index in [0.717, 1.165) is 11.1 Å². The first-order valence-corrected chi connectivity index (χ1v) is 7.24. The quantitative estimate of drug-likeness (QED) is 0.833. The minimum Gasteiger partial charge on any atom is -0.496 e. The van der Waals surface area contributed by atoms with Crippen LogP contribution >= 0.6 is 0 Å². The number of amides is 1. The van der Waals surface area contributed by atoms with Crippen molar-refractivity contribution in [2.75, 3.05) is 20.8 Å². The summed E-state index contributed by atoms with van der Waals surface area (Å²) >= 11 is 0. The normalized spacial score (nSPS) is 10.0. The molecule has 0 radical (unpaired) electrons. The fraction of sp³-hybridized carbons (Fsp3) is 0.222. The molecule has 0 spiro atoms. The van der Waals surface area contributed by atoms with Gasteiger partial charge < -0.3 is 14.8 Å². The monoisotopic (exact) mass is 313 g/mol. The second kappa shape index (κ2) is 7.98. The van der Waals surface area contributed by atoms with E-state index in [1.54, 1.807) is 25.3 Å². The standard InChI is InChI=1S/C18H19NO4/c1-22-16-9-8-14(18(21)19-11-10-17(20)23-2)12-15(16)13-6-4-3-5-7-13/h3-9,12H,10-11H2,1-2H3,(H,19,21). The highest BCUT2D eigenvalue weighted by molar-refractivity contribution is 5.96. The highest BCUT2D eigenvalue weighted by atomic mass is 16.5. The smallest absolute Gasteiger partial charge is 0.307 e. The number of hydrogen-bond acceptors (Lipinski definition) is 4. The van der Waals surface area contributed by atoms with Gasteiger partial charge in [0.25, 0.3) is 5.91 Å². The summed E-state index contributed by atoms with van der Waals surface area (Å²) in [6.45, 7) is 0.234. The van der Waals surface area contributed by atoms with Crippen LogP contribution in [0, 0.1) is 0 Å². The van der Waals surface area contributed by atoms with Crippen LogP contribution in [-0.4, -0.2) is 32.6 Å². The second-order valence-corrected chi connectivity index (χ2v) is 4.86. The molecule has 0 atom stereocenters. The molecule has 0 aliphatic carbocycles. The lowest BCUT2D eigenvalue weighted by molar-refractivity contribution is -0.140. The molecule has 120 valence electrons. The lowest BCUT2D eigenvalue weighted by atomic mass is 10.0. The highest BCUT2D eigenvalue weighted by Crippen LogP contribution is 2.30. The number of hydrogen-bond donors (Lipinski definition) is 1. The minimum atomic E-state index is -0.356. The Kier molecular flexibility index (Phi) is 5.74. The summed E-state index contributed by atoms with van der Waals surface area (Å²) in [7, 11) is 2.91. The molecule has 2 aromatic carbocycles. The zero-order chi connectivity index (χ0) is 16.7. The van der Waals surface area contributed by atoms with Crippen molar-refractivity contribution in [1.82, 2.24) is 5.32 Å². The Balaban J connectivity index is 2.17. The molecule has 5 nitrogen and oxygen atoms in total. The maximum absolute atomic E-state index is 12.2. The molecule has 23 heavy (non-hydrogen) atoms. The summed E-state index contributed by atoms with van der Waals surface area (Å²) in [6.07, 6.45) is 0.143. The molecule has 0 aromatic heterocycles. The van der Waals surface area contributed by atoms with E-state index in [-0.39, 0.29) is 24.8 Å². The van der Waals surface area contributed by atoms with Gasteiger partial charge in [-0.05, 0) is 23.8 Å². The number of esters is 1. The van der Waals surface area contributed by atoms with Crippen LogP contribution in [0.15, 0.2) is 48.5 Å². The molecule has 1 N–H and O–H groups in total. The van der Waals surface area contributed by atoms with Crippen LogP contribution in [0.1, 0.15) is 16.8 Å². The summed E-state index contributed by atoms with van der Waals surface area (Å²) in [6, 6.07) is 14.9. The number of benzene rings is 2. The van der Waals surface area contributed by atoms with E-state index < -0.39 is 0 Å². The number of nitrogens with one attached hydrogen (secondary N) is 1. The highest BCUT2D eigenvalue weighted by Gasteiger charge is 2.12. The van der Waals surface area contributed by atoms with E-state index in [4.69, 9.17) is 4.74 Å². The predicted octanol–water partition coefficient (Wildman–Crippen LogP) is 2.66. The van der Waals surface area contributed by atoms with Crippen LogP contribution in [-0.2, 0) is 9.53 Å². The van der Waals surface area contributed by atoms with Gasteiger partial charge in [-0.1, -0.05) is 30.3 Å². The van der Waals surface area contributed by atoms with E-state index >= 15 is 0 Å². The fourth-order valence-corrected chi connectivity index (χ4v) is 2.17. The van der Waals surface area contributed by atoms with Gasteiger partial charge in [0.1, 0.15) is 5.75 Å². The molecular formula is C18H19NO4. The summed E-state index contributed by atoms with van der Waals surface area (Å²) in [5.41, 5.74) is 2.32. The molecule has 0 unspecified atom stereocenters. The Hall–Kier alpha value is -2.82. The topological polar surface area (TPSA) is 64.6 Å². The number of carbonyl (C=O) groups is 2. The number of rotatable bonds is 6. The largest absolute Gasteiger partial charge is 0.496 e. The van der Waals surface area contributed by atoms with Crippen LogP contribution < -0.4 is 10.1 Å². The van der Waals surface area contributed by atoms with Crippen molar-refractivity contribution in [2.24, 2.45) is 0 Å². The number of methoxy groups -OCH3 is 2. The third-order valence-electron chi connectivity index (χ3n) is 3.39. The molecule has 0 saturated carbocycles. The SMILES string of the molecule is COC(=O)CCNC(=O)c1ccc(OC)c(-c2ccccc2)c1. The first kappa shape index (κ1) is 16.5. The van der Waals surface area contributed by atoms with E-state index in [1.807, 2.05) is 30.3 Å². The summed E-state index contributed by atoms with van der Waals surface area (Å²) < 4.78 is 9.91. The van der Waals surface area contributed by atoms with Gasteiger partial charge in [0.05, 0.1) is 20.6 Å². The average molecular weight is 313 g/mol. The van der Waals surface area contributed by atoms with E-state index in [0.29, 0.717) is 11.3 Å². The van der Waals surface area contributed by atoms with Gasteiger partial charge in [0.15, 0.2) is 0 Å². The first-order chi connectivity index (χ1) is 11.2. The van der Waals surface area contributed by atoms with Crippen molar-refractivity contribution in [3.8, 4) is 16.9 Å². The molecule has 0 fully saturated rings. The maximum Gasteiger partial charge on any atom is 0.307 e. The van der Waals surface area contributed by atoms with E-state index in [1.165, 1.54) is 7.11 Å².